The van der Waals surface area contributed by atoms with E-state index < -0.39 is 0 Å². The smallest absolute Gasteiger partial charge is 0.150 e. The maximum absolute atomic E-state index is 9.38. The number of rotatable bonds is 6. The standard InChI is InChI=1S/C20H26N4O/c1-13(2)9-16-10-24(17-7-5-14(3)6-8-17)20-18(16)19(21-12-22-20)23-15(4)11-25/h5-8,10,12-13,15,25H,9,11H2,1-4H3,(H,21,22,23). The molecule has 2 aromatic heterocycles. The lowest BCUT2D eigenvalue weighted by molar-refractivity contribution is 0.281. The summed E-state index contributed by atoms with van der Waals surface area (Å²) in [6, 6.07) is 8.38. The van der Waals surface area contributed by atoms with Crippen molar-refractivity contribution in [1.82, 2.24) is 14.5 Å². The summed E-state index contributed by atoms with van der Waals surface area (Å²) in [4.78, 5) is 8.99. The van der Waals surface area contributed by atoms with E-state index in [0.29, 0.717) is 5.92 Å². The van der Waals surface area contributed by atoms with Gasteiger partial charge in [0.15, 0.2) is 0 Å². The van der Waals surface area contributed by atoms with Crippen LogP contribution in [0.2, 0.25) is 0 Å². The van der Waals surface area contributed by atoms with Crippen molar-refractivity contribution in [3.8, 4) is 5.69 Å². The van der Waals surface area contributed by atoms with Crippen molar-refractivity contribution in [3.05, 3.63) is 47.9 Å². The lowest BCUT2D eigenvalue weighted by Gasteiger charge is -2.13. The van der Waals surface area contributed by atoms with Gasteiger partial charge in [-0.3, -0.25) is 0 Å². The summed E-state index contributed by atoms with van der Waals surface area (Å²) < 4.78 is 2.13. The van der Waals surface area contributed by atoms with Gasteiger partial charge in [-0.25, -0.2) is 9.97 Å². The molecule has 0 bridgehead atoms. The molecule has 1 aromatic carbocycles. The van der Waals surface area contributed by atoms with Gasteiger partial charge >= 0.3 is 0 Å². The van der Waals surface area contributed by atoms with Crippen LogP contribution in [0.5, 0.6) is 0 Å². The summed E-state index contributed by atoms with van der Waals surface area (Å²) in [7, 11) is 0. The summed E-state index contributed by atoms with van der Waals surface area (Å²) >= 11 is 0. The van der Waals surface area contributed by atoms with E-state index in [1.54, 1.807) is 6.33 Å². The first-order chi connectivity index (χ1) is 12.0. The van der Waals surface area contributed by atoms with Gasteiger partial charge in [-0.15, -0.1) is 0 Å². The summed E-state index contributed by atoms with van der Waals surface area (Å²) in [5.41, 5.74) is 4.43. The highest BCUT2D eigenvalue weighted by Crippen LogP contribution is 2.30. The first-order valence-electron chi connectivity index (χ1n) is 8.79. The van der Waals surface area contributed by atoms with Gasteiger partial charge in [0.1, 0.15) is 17.8 Å². The Balaban J connectivity index is 2.18. The minimum absolute atomic E-state index is 0.0592. The monoisotopic (exact) mass is 338 g/mol. The number of nitrogens with zero attached hydrogens (tertiary/aromatic N) is 3. The molecule has 1 atom stereocenters. The molecule has 0 aliphatic rings. The summed E-state index contributed by atoms with van der Waals surface area (Å²) in [6.45, 7) is 8.50. The molecule has 0 amide bonds. The first kappa shape index (κ1) is 17.4. The molecule has 132 valence electrons. The molecule has 1 unspecified atom stereocenters. The quantitative estimate of drug-likeness (QED) is 0.719. The summed E-state index contributed by atoms with van der Waals surface area (Å²) in [5.74, 6) is 1.31. The normalized spacial score (nSPS) is 12.7. The molecule has 2 N–H and O–H groups in total. The Kier molecular flexibility index (Phi) is 5.04. The molecular formula is C20H26N4O. The highest BCUT2D eigenvalue weighted by Gasteiger charge is 2.17. The molecular weight excluding hydrogens is 312 g/mol. The third kappa shape index (κ3) is 3.66. The molecule has 0 spiro atoms. The van der Waals surface area contributed by atoms with E-state index in [9.17, 15) is 5.11 Å². The number of aromatic nitrogens is 3. The molecule has 0 saturated carbocycles. The molecule has 0 aliphatic heterocycles. The van der Waals surface area contributed by atoms with Crippen LogP contribution in [-0.2, 0) is 6.42 Å². The SMILES string of the molecule is Cc1ccc(-n2cc(CC(C)C)c3c(NC(C)CO)ncnc32)cc1. The van der Waals surface area contributed by atoms with Crippen LogP contribution in [0.3, 0.4) is 0 Å². The van der Waals surface area contributed by atoms with Crippen molar-refractivity contribution >= 4 is 16.9 Å². The van der Waals surface area contributed by atoms with E-state index in [1.165, 1.54) is 11.1 Å². The maximum atomic E-state index is 9.38. The third-order valence-corrected chi connectivity index (χ3v) is 4.26. The van der Waals surface area contributed by atoms with Gasteiger partial charge in [0.05, 0.1) is 12.0 Å². The van der Waals surface area contributed by atoms with Gasteiger partial charge in [0.2, 0.25) is 0 Å². The molecule has 0 saturated heterocycles. The largest absolute Gasteiger partial charge is 0.394 e. The van der Waals surface area contributed by atoms with Crippen LogP contribution >= 0.6 is 0 Å². The van der Waals surface area contributed by atoms with Crippen molar-refractivity contribution in [1.29, 1.82) is 0 Å². The first-order valence-corrected chi connectivity index (χ1v) is 8.79. The fraction of sp³-hybridized carbons (Fsp3) is 0.400. The number of aryl methyl sites for hydroxylation is 1. The zero-order valence-electron chi connectivity index (χ0n) is 15.3. The fourth-order valence-electron chi connectivity index (χ4n) is 3.02. The summed E-state index contributed by atoms with van der Waals surface area (Å²) in [5, 5.41) is 13.7. The van der Waals surface area contributed by atoms with Crippen molar-refractivity contribution in [2.24, 2.45) is 5.92 Å². The molecule has 2 heterocycles. The van der Waals surface area contributed by atoms with E-state index in [1.807, 2.05) is 6.92 Å². The van der Waals surface area contributed by atoms with Gasteiger partial charge in [-0.05, 0) is 43.9 Å². The molecule has 0 radical (unpaired) electrons. The minimum atomic E-state index is -0.0623. The summed E-state index contributed by atoms with van der Waals surface area (Å²) in [6.07, 6.45) is 4.70. The number of nitrogens with one attached hydrogen (secondary N) is 1. The highest BCUT2D eigenvalue weighted by molar-refractivity contribution is 5.92. The third-order valence-electron chi connectivity index (χ3n) is 4.26. The molecule has 0 fully saturated rings. The van der Waals surface area contributed by atoms with E-state index >= 15 is 0 Å². The van der Waals surface area contributed by atoms with Gasteiger partial charge in [0, 0.05) is 17.9 Å². The van der Waals surface area contributed by atoms with E-state index in [0.717, 1.165) is 29.0 Å². The predicted octanol–water partition coefficient (Wildman–Crippen LogP) is 3.72. The Hall–Kier alpha value is -2.40. The lowest BCUT2D eigenvalue weighted by Crippen LogP contribution is -2.20. The average Bonchev–Trinajstić information content (AvgIpc) is 2.94. The van der Waals surface area contributed by atoms with Crippen LogP contribution < -0.4 is 5.32 Å². The second-order valence-electron chi connectivity index (χ2n) is 7.11. The van der Waals surface area contributed by atoms with Crippen LogP contribution in [0.25, 0.3) is 16.7 Å². The number of anilines is 1. The average molecular weight is 338 g/mol. The predicted molar refractivity (Wildman–Crippen MR) is 102 cm³/mol. The molecule has 3 rings (SSSR count). The molecule has 5 heteroatoms. The van der Waals surface area contributed by atoms with E-state index in [-0.39, 0.29) is 12.6 Å². The van der Waals surface area contributed by atoms with Gasteiger partial charge in [-0.1, -0.05) is 31.5 Å². The van der Waals surface area contributed by atoms with Crippen molar-refractivity contribution in [3.63, 3.8) is 0 Å². The molecule has 3 aromatic rings. The number of aliphatic hydroxyl groups excluding tert-OH is 1. The van der Waals surface area contributed by atoms with E-state index in [2.05, 4.69) is 71.1 Å². The topological polar surface area (TPSA) is 63.0 Å². The van der Waals surface area contributed by atoms with Crippen molar-refractivity contribution in [2.75, 3.05) is 11.9 Å². The molecule has 0 aliphatic carbocycles. The number of aliphatic hydroxyl groups is 1. The lowest BCUT2D eigenvalue weighted by atomic mass is 10.0. The van der Waals surface area contributed by atoms with Crippen LogP contribution in [0, 0.1) is 12.8 Å². The van der Waals surface area contributed by atoms with Crippen molar-refractivity contribution in [2.45, 2.75) is 40.2 Å². The van der Waals surface area contributed by atoms with Gasteiger partial charge < -0.3 is 15.0 Å². The number of fused-ring (bicyclic) bond motifs is 1. The highest BCUT2D eigenvalue weighted by atomic mass is 16.3. The van der Waals surface area contributed by atoms with E-state index in [4.69, 9.17) is 0 Å². The van der Waals surface area contributed by atoms with Gasteiger partial charge in [-0.2, -0.15) is 0 Å². The van der Waals surface area contributed by atoms with Crippen LogP contribution in [0.15, 0.2) is 36.8 Å². The number of benzene rings is 1. The Morgan fingerprint density at radius 3 is 2.48 bits per heavy atom. The molecule has 5 nitrogen and oxygen atoms in total. The number of hydrogen-bond acceptors (Lipinski definition) is 4. The Morgan fingerprint density at radius 1 is 1.12 bits per heavy atom. The second-order valence-corrected chi connectivity index (χ2v) is 7.11. The van der Waals surface area contributed by atoms with Crippen LogP contribution in [0.1, 0.15) is 31.9 Å². The van der Waals surface area contributed by atoms with Crippen LogP contribution in [0.4, 0.5) is 5.82 Å². The van der Waals surface area contributed by atoms with Crippen molar-refractivity contribution < 1.29 is 5.11 Å². The Bertz CT molecular complexity index is 852. The van der Waals surface area contributed by atoms with Gasteiger partial charge in [0.25, 0.3) is 0 Å². The minimum Gasteiger partial charge on any atom is -0.394 e. The Morgan fingerprint density at radius 2 is 1.84 bits per heavy atom. The number of hydrogen-bond donors (Lipinski definition) is 2. The zero-order valence-corrected chi connectivity index (χ0v) is 15.3. The molecule has 25 heavy (non-hydrogen) atoms. The maximum Gasteiger partial charge on any atom is 0.150 e. The second kappa shape index (κ2) is 7.23. The Labute approximate surface area is 148 Å². The van der Waals surface area contributed by atoms with Crippen LogP contribution in [-0.4, -0.2) is 32.3 Å². The zero-order chi connectivity index (χ0) is 18.0. The fourth-order valence-corrected chi connectivity index (χ4v) is 3.02.